The Labute approximate surface area is 173 Å². The fraction of sp³-hybridized carbons (Fsp3) is 0.0400. The van der Waals surface area contributed by atoms with Crippen LogP contribution in [0.15, 0.2) is 96.1 Å². The molecule has 1 amide bonds. The normalized spacial score (nSPS) is 11.0. The fourth-order valence-electron chi connectivity index (χ4n) is 2.98. The second-order valence-corrected chi connectivity index (χ2v) is 6.75. The molecule has 5 heteroatoms. The zero-order valence-corrected chi connectivity index (χ0v) is 16.1. The summed E-state index contributed by atoms with van der Waals surface area (Å²) in [7, 11) is 0. The average Bonchev–Trinajstić information content (AvgIpc) is 2.79. The Morgan fingerprint density at radius 2 is 1.63 bits per heavy atom. The topological polar surface area (TPSA) is 50.7 Å². The SMILES string of the molecule is O=C(N/N=C\c1ccc(OCc2ccc3ccccc3c2)cc1)c1ccc(F)cc1. The number of rotatable bonds is 6. The van der Waals surface area contributed by atoms with Crippen LogP contribution in [0.25, 0.3) is 10.8 Å². The minimum absolute atomic E-state index is 0.339. The highest BCUT2D eigenvalue weighted by Crippen LogP contribution is 2.18. The number of benzene rings is 4. The summed E-state index contributed by atoms with van der Waals surface area (Å²) in [5.74, 6) is -0.0461. The molecule has 0 unspecified atom stereocenters. The maximum absolute atomic E-state index is 12.9. The first kappa shape index (κ1) is 19.3. The van der Waals surface area contributed by atoms with Gasteiger partial charge in [-0.05, 0) is 76.5 Å². The molecule has 4 aromatic rings. The number of nitrogens with zero attached hydrogens (tertiary/aromatic N) is 1. The smallest absolute Gasteiger partial charge is 0.271 e. The Hall–Kier alpha value is -3.99. The number of halogens is 1. The standard InChI is InChI=1S/C25H19FN2O2/c26-23-11-9-21(10-12-23)25(29)28-27-16-18-6-13-24(14-7-18)30-17-19-5-8-20-3-1-2-4-22(20)15-19/h1-16H,17H2,(H,28,29)/b27-16-. The van der Waals surface area contributed by atoms with Crippen LogP contribution < -0.4 is 10.2 Å². The van der Waals surface area contributed by atoms with Crippen molar-refractivity contribution >= 4 is 22.9 Å². The highest BCUT2D eigenvalue weighted by atomic mass is 19.1. The summed E-state index contributed by atoms with van der Waals surface area (Å²) in [6.07, 6.45) is 1.54. The summed E-state index contributed by atoms with van der Waals surface area (Å²) < 4.78 is 18.8. The molecule has 0 radical (unpaired) electrons. The Kier molecular flexibility index (Phi) is 5.80. The third-order valence-electron chi connectivity index (χ3n) is 4.59. The third-order valence-corrected chi connectivity index (χ3v) is 4.59. The van der Waals surface area contributed by atoms with Gasteiger partial charge in [-0.2, -0.15) is 5.10 Å². The van der Waals surface area contributed by atoms with Crippen LogP contribution in [0.5, 0.6) is 5.75 Å². The molecule has 4 aromatic carbocycles. The maximum Gasteiger partial charge on any atom is 0.271 e. The molecule has 0 heterocycles. The summed E-state index contributed by atoms with van der Waals surface area (Å²) in [5, 5.41) is 6.33. The number of fused-ring (bicyclic) bond motifs is 1. The van der Waals surface area contributed by atoms with Crippen molar-refractivity contribution < 1.29 is 13.9 Å². The van der Waals surface area contributed by atoms with Gasteiger partial charge in [-0.3, -0.25) is 4.79 Å². The van der Waals surface area contributed by atoms with Gasteiger partial charge in [0, 0.05) is 5.56 Å². The van der Waals surface area contributed by atoms with Crippen molar-refractivity contribution in [1.82, 2.24) is 5.43 Å². The van der Waals surface area contributed by atoms with Gasteiger partial charge in [0.15, 0.2) is 0 Å². The number of ether oxygens (including phenoxy) is 1. The predicted octanol–water partition coefficient (Wildman–Crippen LogP) is 5.32. The van der Waals surface area contributed by atoms with E-state index in [0.717, 1.165) is 16.9 Å². The van der Waals surface area contributed by atoms with Crippen LogP contribution in [0, 0.1) is 5.82 Å². The Morgan fingerprint density at radius 1 is 0.900 bits per heavy atom. The van der Waals surface area contributed by atoms with Crippen LogP contribution in [-0.4, -0.2) is 12.1 Å². The van der Waals surface area contributed by atoms with Gasteiger partial charge in [-0.25, -0.2) is 9.82 Å². The Morgan fingerprint density at radius 3 is 2.40 bits per heavy atom. The molecule has 4 rings (SSSR count). The van der Waals surface area contributed by atoms with Crippen LogP contribution in [-0.2, 0) is 6.61 Å². The summed E-state index contributed by atoms with van der Waals surface area (Å²) in [4.78, 5) is 11.9. The zero-order chi connectivity index (χ0) is 20.8. The van der Waals surface area contributed by atoms with Crippen molar-refractivity contribution in [2.24, 2.45) is 5.10 Å². The molecule has 30 heavy (non-hydrogen) atoms. The lowest BCUT2D eigenvalue weighted by atomic mass is 10.1. The van der Waals surface area contributed by atoms with Crippen molar-refractivity contribution in [3.8, 4) is 5.75 Å². The van der Waals surface area contributed by atoms with E-state index >= 15 is 0 Å². The molecule has 0 saturated heterocycles. The Balaban J connectivity index is 1.31. The van der Waals surface area contributed by atoms with E-state index in [-0.39, 0.29) is 0 Å². The summed E-state index contributed by atoms with van der Waals surface area (Å²) in [5.41, 5.74) is 4.67. The van der Waals surface area contributed by atoms with E-state index in [0.29, 0.717) is 12.2 Å². The van der Waals surface area contributed by atoms with Gasteiger partial charge >= 0.3 is 0 Å². The second-order valence-electron chi connectivity index (χ2n) is 6.75. The zero-order valence-electron chi connectivity index (χ0n) is 16.1. The highest BCUT2D eigenvalue weighted by Gasteiger charge is 2.03. The van der Waals surface area contributed by atoms with Gasteiger partial charge in [-0.1, -0.05) is 36.4 Å². The van der Waals surface area contributed by atoms with Crippen LogP contribution in [0.2, 0.25) is 0 Å². The summed E-state index contributed by atoms with van der Waals surface area (Å²) in [6.45, 7) is 0.478. The number of carbonyl (C=O) groups excluding carboxylic acids is 1. The molecule has 1 N–H and O–H groups in total. The fourth-order valence-corrected chi connectivity index (χ4v) is 2.98. The van der Waals surface area contributed by atoms with E-state index in [4.69, 9.17) is 4.74 Å². The van der Waals surface area contributed by atoms with E-state index in [1.54, 1.807) is 0 Å². The molecule has 0 fully saturated rings. The quantitative estimate of drug-likeness (QED) is 0.353. The van der Waals surface area contributed by atoms with E-state index in [1.807, 2.05) is 36.4 Å². The van der Waals surface area contributed by atoms with Crippen molar-refractivity contribution in [3.63, 3.8) is 0 Å². The lowest BCUT2D eigenvalue weighted by molar-refractivity contribution is 0.0955. The molecule has 0 atom stereocenters. The molecule has 148 valence electrons. The first-order valence-electron chi connectivity index (χ1n) is 9.47. The Bertz CT molecular complexity index is 1190. The highest BCUT2D eigenvalue weighted by molar-refractivity contribution is 5.94. The van der Waals surface area contributed by atoms with Crippen LogP contribution in [0.1, 0.15) is 21.5 Å². The molecule has 0 aliphatic rings. The first-order valence-corrected chi connectivity index (χ1v) is 9.47. The maximum atomic E-state index is 12.9. The van der Waals surface area contributed by atoms with Gasteiger partial charge < -0.3 is 4.74 Å². The van der Waals surface area contributed by atoms with E-state index < -0.39 is 11.7 Å². The van der Waals surface area contributed by atoms with Crippen molar-refractivity contribution in [1.29, 1.82) is 0 Å². The number of hydrogen-bond donors (Lipinski definition) is 1. The van der Waals surface area contributed by atoms with Crippen LogP contribution in [0.3, 0.4) is 0 Å². The average molecular weight is 398 g/mol. The number of hydrazone groups is 1. The van der Waals surface area contributed by atoms with Crippen molar-refractivity contribution in [2.75, 3.05) is 0 Å². The van der Waals surface area contributed by atoms with Gasteiger partial charge in [0.2, 0.25) is 0 Å². The van der Waals surface area contributed by atoms with Gasteiger partial charge in [-0.15, -0.1) is 0 Å². The third kappa shape index (κ3) is 4.89. The van der Waals surface area contributed by atoms with Gasteiger partial charge in [0.05, 0.1) is 6.21 Å². The lowest BCUT2D eigenvalue weighted by Gasteiger charge is -2.07. The van der Waals surface area contributed by atoms with Gasteiger partial charge in [0.25, 0.3) is 5.91 Å². The van der Waals surface area contributed by atoms with Gasteiger partial charge in [0.1, 0.15) is 18.2 Å². The van der Waals surface area contributed by atoms with Crippen molar-refractivity contribution in [3.05, 3.63) is 114 Å². The van der Waals surface area contributed by atoms with E-state index in [9.17, 15) is 9.18 Å². The molecule has 0 spiro atoms. The minimum Gasteiger partial charge on any atom is -0.489 e. The molecule has 0 aromatic heterocycles. The molecule has 0 bridgehead atoms. The summed E-state index contributed by atoms with van der Waals surface area (Å²) in [6, 6.07) is 27.2. The number of amides is 1. The van der Waals surface area contributed by atoms with Crippen LogP contribution >= 0.6 is 0 Å². The molecular formula is C25H19FN2O2. The van der Waals surface area contributed by atoms with Crippen molar-refractivity contribution in [2.45, 2.75) is 6.61 Å². The molecule has 0 aliphatic heterocycles. The number of hydrogen-bond acceptors (Lipinski definition) is 3. The largest absolute Gasteiger partial charge is 0.489 e. The predicted molar refractivity (Wildman–Crippen MR) is 116 cm³/mol. The number of nitrogens with one attached hydrogen (secondary N) is 1. The minimum atomic E-state index is -0.401. The first-order chi connectivity index (χ1) is 14.7. The summed E-state index contributed by atoms with van der Waals surface area (Å²) >= 11 is 0. The monoisotopic (exact) mass is 398 g/mol. The molecular weight excluding hydrogens is 379 g/mol. The lowest BCUT2D eigenvalue weighted by Crippen LogP contribution is -2.17. The van der Waals surface area contributed by atoms with E-state index in [1.165, 1.54) is 41.3 Å². The molecule has 4 nitrogen and oxygen atoms in total. The second kappa shape index (κ2) is 9.01. The molecule has 0 aliphatic carbocycles. The van der Waals surface area contributed by atoms with Crippen LogP contribution in [0.4, 0.5) is 4.39 Å². The number of carbonyl (C=O) groups is 1. The van der Waals surface area contributed by atoms with E-state index in [2.05, 4.69) is 40.9 Å². The molecule has 0 saturated carbocycles.